The fraction of sp³-hybridized carbons (Fsp3) is 0.273. The first-order chi connectivity index (χ1) is 8.20. The third kappa shape index (κ3) is 2.96. The largest absolute Gasteiger partial charge is 0.217 e. The van der Waals surface area contributed by atoms with Gasteiger partial charge in [0.05, 0.1) is 11.9 Å². The van der Waals surface area contributed by atoms with Crippen molar-refractivity contribution in [1.82, 2.24) is 15.0 Å². The fourth-order valence-corrected chi connectivity index (χ4v) is 1.74. The Morgan fingerprint density at radius 3 is 2.88 bits per heavy atom. The van der Waals surface area contributed by atoms with E-state index in [2.05, 4.69) is 10.3 Å². The zero-order chi connectivity index (χ0) is 12.3. The predicted octanol–water partition coefficient (Wildman–Crippen LogP) is 3.23. The number of benzene rings is 1. The molecular formula is C11H10Cl2FN3. The molecule has 2 aromatic rings. The smallest absolute Gasteiger partial charge is 0.150 e. The third-order valence-electron chi connectivity index (χ3n) is 2.26. The van der Waals surface area contributed by atoms with E-state index in [1.165, 1.54) is 10.7 Å². The van der Waals surface area contributed by atoms with Crippen LogP contribution < -0.4 is 0 Å². The lowest BCUT2D eigenvalue weighted by atomic mass is 10.2. The summed E-state index contributed by atoms with van der Waals surface area (Å²) in [6.07, 6.45) is 3.25. The van der Waals surface area contributed by atoms with Crippen LogP contribution in [0.4, 0.5) is 4.39 Å². The van der Waals surface area contributed by atoms with E-state index >= 15 is 0 Å². The first-order valence-electron chi connectivity index (χ1n) is 5.13. The van der Waals surface area contributed by atoms with Crippen molar-refractivity contribution in [2.45, 2.75) is 12.8 Å². The lowest BCUT2D eigenvalue weighted by molar-refractivity contribution is 0.607. The third-order valence-corrected chi connectivity index (χ3v) is 2.77. The lowest BCUT2D eigenvalue weighted by Gasteiger charge is -2.01. The average molecular weight is 274 g/mol. The molecule has 0 bridgehead atoms. The van der Waals surface area contributed by atoms with Gasteiger partial charge in [-0.2, -0.15) is 0 Å². The maximum absolute atomic E-state index is 13.6. The van der Waals surface area contributed by atoms with Crippen molar-refractivity contribution in [1.29, 1.82) is 0 Å². The van der Waals surface area contributed by atoms with Crippen LogP contribution in [-0.2, 0) is 6.42 Å². The Labute approximate surface area is 108 Å². The molecule has 3 nitrogen and oxygen atoms in total. The lowest BCUT2D eigenvalue weighted by Crippen LogP contribution is -1.98. The van der Waals surface area contributed by atoms with Gasteiger partial charge in [0.25, 0.3) is 0 Å². The average Bonchev–Trinajstić information content (AvgIpc) is 2.75. The summed E-state index contributed by atoms with van der Waals surface area (Å²) >= 11 is 11.3. The summed E-state index contributed by atoms with van der Waals surface area (Å²) in [5.41, 5.74) is 1.12. The summed E-state index contributed by atoms with van der Waals surface area (Å²) < 4.78 is 15.0. The molecular weight excluding hydrogens is 264 g/mol. The highest BCUT2D eigenvalue weighted by molar-refractivity contribution is 6.30. The quantitative estimate of drug-likeness (QED) is 0.801. The summed E-state index contributed by atoms with van der Waals surface area (Å²) in [7, 11) is 0. The Morgan fingerprint density at radius 2 is 2.18 bits per heavy atom. The molecule has 17 heavy (non-hydrogen) atoms. The minimum atomic E-state index is -0.425. The van der Waals surface area contributed by atoms with Gasteiger partial charge in [-0.15, -0.1) is 16.7 Å². The molecule has 2 rings (SSSR count). The Hall–Kier alpha value is -1.13. The molecule has 0 aliphatic carbocycles. The molecule has 0 atom stereocenters. The van der Waals surface area contributed by atoms with E-state index in [1.807, 2.05) is 0 Å². The summed E-state index contributed by atoms with van der Waals surface area (Å²) in [5.74, 6) is 0.147. The number of nitrogens with zero attached hydrogens (tertiary/aromatic N) is 3. The number of hydrogen-bond acceptors (Lipinski definition) is 2. The maximum Gasteiger partial charge on any atom is 0.150 e. The van der Waals surface area contributed by atoms with Gasteiger partial charge in [-0.25, -0.2) is 9.07 Å². The number of alkyl halides is 1. The second-order valence-corrected chi connectivity index (χ2v) is 4.36. The molecule has 0 fully saturated rings. The van der Waals surface area contributed by atoms with Crippen molar-refractivity contribution in [2.75, 3.05) is 5.88 Å². The zero-order valence-corrected chi connectivity index (χ0v) is 10.4. The molecule has 0 amide bonds. The van der Waals surface area contributed by atoms with Crippen LogP contribution in [0.15, 0.2) is 24.4 Å². The summed E-state index contributed by atoms with van der Waals surface area (Å²) in [6.45, 7) is 0. The molecule has 1 aromatic carbocycles. The predicted molar refractivity (Wildman–Crippen MR) is 65.4 cm³/mol. The Morgan fingerprint density at radius 1 is 1.35 bits per heavy atom. The minimum absolute atomic E-state index is 0.332. The molecule has 90 valence electrons. The molecule has 6 heteroatoms. The normalized spacial score (nSPS) is 10.8. The van der Waals surface area contributed by atoms with Crippen LogP contribution in [0, 0.1) is 5.82 Å². The van der Waals surface area contributed by atoms with Crippen LogP contribution in [0.2, 0.25) is 5.02 Å². The molecule has 0 aliphatic rings. The summed E-state index contributed by atoms with van der Waals surface area (Å²) in [5, 5.41) is 8.17. The van der Waals surface area contributed by atoms with Gasteiger partial charge in [0.1, 0.15) is 11.5 Å². The number of rotatable bonds is 4. The highest BCUT2D eigenvalue weighted by Crippen LogP contribution is 2.17. The van der Waals surface area contributed by atoms with Crippen LogP contribution in [0.3, 0.4) is 0 Å². The highest BCUT2D eigenvalue weighted by atomic mass is 35.5. The maximum atomic E-state index is 13.6. The first-order valence-corrected chi connectivity index (χ1v) is 6.04. The monoisotopic (exact) mass is 273 g/mol. The SMILES string of the molecule is Fc1cc(Cl)ccc1-n1cc(CCCCl)nn1. The van der Waals surface area contributed by atoms with Crippen molar-refractivity contribution in [3.63, 3.8) is 0 Å². The molecule has 0 spiro atoms. The van der Waals surface area contributed by atoms with E-state index in [-0.39, 0.29) is 0 Å². The molecule has 0 saturated carbocycles. The van der Waals surface area contributed by atoms with Crippen molar-refractivity contribution in [2.24, 2.45) is 0 Å². The van der Waals surface area contributed by atoms with Gasteiger partial charge in [-0.3, -0.25) is 0 Å². The number of hydrogen-bond donors (Lipinski definition) is 0. The van der Waals surface area contributed by atoms with Gasteiger partial charge in [-0.1, -0.05) is 16.8 Å². The van der Waals surface area contributed by atoms with E-state index in [9.17, 15) is 4.39 Å². The molecule has 0 aliphatic heterocycles. The Kier molecular flexibility index (Phi) is 3.97. The molecule has 0 saturated heterocycles. The van der Waals surface area contributed by atoms with E-state index in [1.54, 1.807) is 18.3 Å². The van der Waals surface area contributed by atoms with Crippen molar-refractivity contribution < 1.29 is 4.39 Å². The van der Waals surface area contributed by atoms with E-state index in [0.717, 1.165) is 18.5 Å². The van der Waals surface area contributed by atoms with Gasteiger partial charge in [-0.05, 0) is 31.0 Å². The van der Waals surface area contributed by atoms with Gasteiger partial charge >= 0.3 is 0 Å². The minimum Gasteiger partial charge on any atom is -0.217 e. The van der Waals surface area contributed by atoms with Crippen LogP contribution in [-0.4, -0.2) is 20.9 Å². The topological polar surface area (TPSA) is 30.7 Å². The van der Waals surface area contributed by atoms with Crippen LogP contribution in [0.5, 0.6) is 0 Å². The van der Waals surface area contributed by atoms with Crippen molar-refractivity contribution in [3.05, 3.63) is 40.9 Å². The fourth-order valence-electron chi connectivity index (χ4n) is 1.45. The molecule has 1 aromatic heterocycles. The van der Waals surface area contributed by atoms with E-state index in [4.69, 9.17) is 23.2 Å². The van der Waals surface area contributed by atoms with Gasteiger partial charge in [0.15, 0.2) is 0 Å². The standard InChI is InChI=1S/C11H10Cl2FN3/c12-5-1-2-9-7-17(16-15-9)11-4-3-8(13)6-10(11)14/h3-4,6-7H,1-2,5H2. The second-order valence-electron chi connectivity index (χ2n) is 3.54. The first kappa shape index (κ1) is 12.3. The number of halogens is 3. The summed E-state index contributed by atoms with van der Waals surface area (Å²) in [6, 6.07) is 4.43. The van der Waals surface area contributed by atoms with Crippen LogP contribution >= 0.6 is 23.2 Å². The van der Waals surface area contributed by atoms with E-state index < -0.39 is 5.82 Å². The van der Waals surface area contributed by atoms with Crippen LogP contribution in [0.25, 0.3) is 5.69 Å². The molecule has 1 heterocycles. The zero-order valence-electron chi connectivity index (χ0n) is 8.91. The van der Waals surface area contributed by atoms with Crippen molar-refractivity contribution >= 4 is 23.2 Å². The van der Waals surface area contributed by atoms with Gasteiger partial charge in [0.2, 0.25) is 0 Å². The Bertz CT molecular complexity index is 513. The second kappa shape index (κ2) is 5.47. The summed E-state index contributed by atoms with van der Waals surface area (Å²) in [4.78, 5) is 0. The van der Waals surface area contributed by atoms with Gasteiger partial charge < -0.3 is 0 Å². The number of aryl methyl sites for hydroxylation is 1. The Balaban J connectivity index is 2.24. The van der Waals surface area contributed by atoms with E-state index in [0.29, 0.717) is 16.6 Å². The van der Waals surface area contributed by atoms with Crippen LogP contribution in [0.1, 0.15) is 12.1 Å². The molecule has 0 N–H and O–H groups in total. The molecule has 0 radical (unpaired) electrons. The van der Waals surface area contributed by atoms with Gasteiger partial charge in [0, 0.05) is 10.9 Å². The number of aromatic nitrogens is 3. The van der Waals surface area contributed by atoms with Crippen molar-refractivity contribution in [3.8, 4) is 5.69 Å². The highest BCUT2D eigenvalue weighted by Gasteiger charge is 2.08. The molecule has 0 unspecified atom stereocenters.